The van der Waals surface area contributed by atoms with Crippen LogP contribution in [0, 0.1) is 11.3 Å². The van der Waals surface area contributed by atoms with Gasteiger partial charge in [0.05, 0.1) is 0 Å². The molecule has 1 aromatic rings. The van der Waals surface area contributed by atoms with Crippen LogP contribution in [0.4, 0.5) is 0 Å². The Balaban J connectivity index is 2.09. The molecule has 2 heteroatoms. The van der Waals surface area contributed by atoms with E-state index in [1.54, 1.807) is 0 Å². The van der Waals surface area contributed by atoms with Crippen LogP contribution in [0.1, 0.15) is 67.4 Å². The van der Waals surface area contributed by atoms with Crippen molar-refractivity contribution in [2.75, 3.05) is 6.61 Å². The summed E-state index contributed by atoms with van der Waals surface area (Å²) < 4.78 is 6.85. The summed E-state index contributed by atoms with van der Waals surface area (Å²) in [5, 5.41) is 0. The lowest BCUT2D eigenvalue weighted by Crippen LogP contribution is -2.51. The van der Waals surface area contributed by atoms with Crippen LogP contribution < -0.4 is 0 Å². The van der Waals surface area contributed by atoms with Gasteiger partial charge in [0.25, 0.3) is 0 Å². The maximum atomic E-state index is 6.85. The van der Waals surface area contributed by atoms with E-state index in [9.17, 15) is 0 Å². The van der Waals surface area contributed by atoms with Gasteiger partial charge >= 0.3 is 0 Å². The van der Waals surface area contributed by atoms with E-state index in [-0.39, 0.29) is 5.41 Å². The summed E-state index contributed by atoms with van der Waals surface area (Å²) in [5.41, 5.74) is 8.37. The highest BCUT2D eigenvalue weighted by Crippen LogP contribution is 2.52. The minimum absolute atomic E-state index is 0.191. The van der Waals surface area contributed by atoms with Gasteiger partial charge in [-0.1, -0.05) is 85.7 Å². The van der Waals surface area contributed by atoms with Crippen molar-refractivity contribution in [3.63, 3.8) is 0 Å². The van der Waals surface area contributed by atoms with Crippen molar-refractivity contribution >= 4 is 14.4 Å². The summed E-state index contributed by atoms with van der Waals surface area (Å²) in [6.45, 7) is 19.8. The summed E-state index contributed by atoms with van der Waals surface area (Å²) in [4.78, 5) is 0. The van der Waals surface area contributed by atoms with Gasteiger partial charge in [-0.25, -0.2) is 0 Å². The summed E-state index contributed by atoms with van der Waals surface area (Å²) in [5.74, 6) is 0.609. The molecule has 1 fully saturated rings. The second kappa shape index (κ2) is 8.29. The van der Waals surface area contributed by atoms with Gasteiger partial charge in [-0.05, 0) is 51.6 Å². The van der Waals surface area contributed by atoms with Crippen LogP contribution >= 0.6 is 0 Å². The molecule has 1 unspecified atom stereocenters. The number of hydrogen-bond donors (Lipinski definition) is 0. The first-order valence-corrected chi connectivity index (χ1v) is 12.4. The van der Waals surface area contributed by atoms with Gasteiger partial charge in [-0.2, -0.15) is 0 Å². The lowest BCUT2D eigenvalue weighted by atomic mass is 9.59. The fourth-order valence-corrected chi connectivity index (χ4v) is 10.3. The van der Waals surface area contributed by atoms with Crippen molar-refractivity contribution in [1.82, 2.24) is 0 Å². The summed E-state index contributed by atoms with van der Waals surface area (Å²) >= 11 is 0. The van der Waals surface area contributed by atoms with Gasteiger partial charge in [0, 0.05) is 6.61 Å². The molecule has 1 aliphatic carbocycles. The van der Waals surface area contributed by atoms with E-state index in [0.29, 0.717) is 22.5 Å². The zero-order valence-corrected chi connectivity index (χ0v) is 19.1. The molecule has 0 radical (unpaired) electrons. The van der Waals surface area contributed by atoms with Crippen molar-refractivity contribution in [2.24, 2.45) is 11.3 Å². The molecule has 0 aliphatic heterocycles. The highest BCUT2D eigenvalue weighted by Gasteiger charge is 2.49. The third kappa shape index (κ3) is 4.08. The van der Waals surface area contributed by atoms with Crippen molar-refractivity contribution in [2.45, 2.75) is 78.4 Å². The zero-order valence-electron chi connectivity index (χ0n) is 18.1. The monoisotopic (exact) mass is 370 g/mol. The Morgan fingerprint density at radius 1 is 1.04 bits per heavy atom. The molecule has 1 aromatic carbocycles. The fraction of sp³-hybridized carbons (Fsp3) is 0.625. The first kappa shape index (κ1) is 21.2. The Hall–Kier alpha value is -1.08. The molecule has 0 aromatic heterocycles. The van der Waals surface area contributed by atoms with E-state index in [4.69, 9.17) is 4.43 Å². The number of hydrogen-bond acceptors (Lipinski definition) is 1. The normalized spacial score (nSPS) is 19.7. The number of rotatable bonds is 7. The van der Waals surface area contributed by atoms with Crippen LogP contribution in [-0.2, 0) is 4.43 Å². The molecule has 0 spiro atoms. The lowest BCUT2D eigenvalue weighted by molar-refractivity contribution is 0.0877. The van der Waals surface area contributed by atoms with Crippen LogP contribution in [0.15, 0.2) is 41.6 Å². The van der Waals surface area contributed by atoms with E-state index in [1.807, 2.05) is 0 Å². The third-order valence-corrected chi connectivity index (χ3v) is 12.8. The molecular weight excluding hydrogens is 332 g/mol. The predicted molar refractivity (Wildman–Crippen MR) is 117 cm³/mol. The first-order chi connectivity index (χ1) is 12.1. The van der Waals surface area contributed by atoms with Crippen molar-refractivity contribution in [3.05, 3.63) is 47.2 Å². The fourth-order valence-electron chi connectivity index (χ4n) is 4.86. The number of benzene rings is 1. The van der Waals surface area contributed by atoms with Crippen molar-refractivity contribution in [3.8, 4) is 0 Å². The molecule has 0 N–H and O–H groups in total. The Morgan fingerprint density at radius 2 is 1.58 bits per heavy atom. The van der Waals surface area contributed by atoms with Crippen molar-refractivity contribution < 1.29 is 4.43 Å². The molecule has 144 valence electrons. The first-order valence-electron chi connectivity index (χ1n) is 10.3. The van der Waals surface area contributed by atoms with E-state index in [1.165, 1.54) is 11.1 Å². The maximum Gasteiger partial charge on any atom is 0.200 e. The van der Waals surface area contributed by atoms with Crippen LogP contribution in [0.2, 0.25) is 16.6 Å². The highest BCUT2D eigenvalue weighted by molar-refractivity contribution is 6.77. The molecule has 1 atom stereocenters. The zero-order chi connectivity index (χ0) is 19.5. The largest absolute Gasteiger partial charge is 0.416 e. The molecule has 2 rings (SSSR count). The van der Waals surface area contributed by atoms with Gasteiger partial charge in [0.2, 0.25) is 0 Å². The Kier molecular flexibility index (Phi) is 6.77. The highest BCUT2D eigenvalue weighted by atomic mass is 28.4. The summed E-state index contributed by atoms with van der Waals surface area (Å²) in [6, 6.07) is 10.5. The Morgan fingerprint density at radius 3 is 2.04 bits per heavy atom. The molecule has 1 aliphatic rings. The van der Waals surface area contributed by atoms with E-state index in [2.05, 4.69) is 97.5 Å². The molecule has 1 nitrogen and oxygen atoms in total. The minimum Gasteiger partial charge on any atom is -0.416 e. The van der Waals surface area contributed by atoms with E-state index < -0.39 is 8.32 Å². The lowest BCUT2D eigenvalue weighted by Gasteiger charge is -2.49. The van der Waals surface area contributed by atoms with Gasteiger partial charge in [-0.3, -0.25) is 0 Å². The average molecular weight is 371 g/mol. The predicted octanol–water partition coefficient (Wildman–Crippen LogP) is 7.46. The summed E-state index contributed by atoms with van der Waals surface area (Å²) in [7, 11) is -1.77. The van der Waals surface area contributed by atoms with E-state index >= 15 is 0 Å². The van der Waals surface area contributed by atoms with Crippen LogP contribution in [0.5, 0.6) is 0 Å². The van der Waals surface area contributed by atoms with Crippen LogP contribution in [0.3, 0.4) is 0 Å². The second-order valence-corrected chi connectivity index (χ2v) is 14.9. The Bertz CT molecular complexity index is 626. The van der Waals surface area contributed by atoms with Gasteiger partial charge in [0.15, 0.2) is 8.32 Å². The third-order valence-electron chi connectivity index (χ3n) is 6.70. The van der Waals surface area contributed by atoms with Gasteiger partial charge in [-0.15, -0.1) is 5.73 Å². The molecule has 0 amide bonds. The molecule has 0 heterocycles. The SMILES string of the molecule is CC(C)[Si](OCC1CC(=C=Cc2ccccc2)C1(C)C)(C(C)C)C(C)C. The maximum absolute atomic E-state index is 6.85. The second-order valence-electron chi connectivity index (χ2n) is 9.43. The standard InChI is InChI=1S/C24H38OSi/c1-18(2)26(19(3)4,20(5)6)25-17-23-16-22(24(23,7)8)15-14-21-12-10-9-11-13-21/h9-14,18-20,23H,16-17H2,1-8H3. The summed E-state index contributed by atoms with van der Waals surface area (Å²) in [6.07, 6.45) is 3.25. The molecule has 0 bridgehead atoms. The molecule has 26 heavy (non-hydrogen) atoms. The molecule has 1 saturated carbocycles. The van der Waals surface area contributed by atoms with Gasteiger partial charge < -0.3 is 4.43 Å². The van der Waals surface area contributed by atoms with E-state index in [0.717, 1.165) is 13.0 Å². The topological polar surface area (TPSA) is 9.23 Å². The minimum atomic E-state index is -1.77. The van der Waals surface area contributed by atoms with Gasteiger partial charge in [0.1, 0.15) is 0 Å². The quantitative estimate of drug-likeness (QED) is 0.357. The molecule has 0 saturated heterocycles. The van der Waals surface area contributed by atoms with Crippen molar-refractivity contribution in [1.29, 1.82) is 0 Å². The van der Waals surface area contributed by atoms with Crippen LogP contribution in [-0.4, -0.2) is 14.9 Å². The number of allylic oxidation sites excluding steroid dienone is 1. The molecular formula is C24H38OSi. The Labute approximate surface area is 162 Å². The smallest absolute Gasteiger partial charge is 0.200 e. The van der Waals surface area contributed by atoms with Crippen LogP contribution in [0.25, 0.3) is 6.08 Å². The average Bonchev–Trinajstić information content (AvgIpc) is 2.56.